The number of rotatable bonds is 11. The normalized spacial score (nSPS) is 26.5. The lowest BCUT2D eigenvalue weighted by Gasteiger charge is -2.46. The van der Waals surface area contributed by atoms with Crippen molar-refractivity contribution in [2.45, 2.75) is 63.2 Å². The first kappa shape index (κ1) is 30.9. The number of thioether (sulfide) groups is 1. The largest absolute Gasteiger partial charge is 1.00 e. The maximum atomic E-state index is 12.8. The van der Waals surface area contributed by atoms with Gasteiger partial charge in [0.2, 0.25) is 12.2 Å². The van der Waals surface area contributed by atoms with Crippen LogP contribution in [0, 0.1) is 11.8 Å². The van der Waals surface area contributed by atoms with E-state index in [-0.39, 0.29) is 72.0 Å². The van der Waals surface area contributed by atoms with Crippen molar-refractivity contribution < 1.29 is 62.7 Å². The van der Waals surface area contributed by atoms with Crippen LogP contribution >= 0.6 is 11.8 Å². The van der Waals surface area contributed by atoms with Crippen molar-refractivity contribution in [2.75, 3.05) is 13.2 Å². The Bertz CT molecular complexity index is 1170. The lowest BCUT2D eigenvalue weighted by atomic mass is 9.79. The van der Waals surface area contributed by atoms with Gasteiger partial charge in [-0.25, -0.2) is 18.7 Å². The summed E-state index contributed by atoms with van der Waals surface area (Å²) in [6, 6.07) is -0.547. The molecule has 0 bridgehead atoms. The van der Waals surface area contributed by atoms with Crippen LogP contribution in [0.4, 0.5) is 4.79 Å². The van der Waals surface area contributed by atoms with Gasteiger partial charge in [0.05, 0.1) is 24.6 Å². The summed E-state index contributed by atoms with van der Waals surface area (Å²) < 4.78 is 8.90. The van der Waals surface area contributed by atoms with Crippen LogP contribution in [-0.4, -0.2) is 85.0 Å². The highest BCUT2D eigenvalue weighted by molar-refractivity contribution is 8.03. The molecule has 2 saturated heterocycles. The molecule has 1 aromatic rings. The van der Waals surface area contributed by atoms with Gasteiger partial charge >= 0.3 is 12.1 Å². The van der Waals surface area contributed by atoms with E-state index in [1.165, 1.54) is 22.7 Å². The monoisotopic (exact) mass is 675 g/mol. The van der Waals surface area contributed by atoms with E-state index >= 15 is 0 Å². The van der Waals surface area contributed by atoms with Gasteiger partial charge in [-0.15, -0.1) is 11.8 Å². The molecule has 3 aliphatic heterocycles. The summed E-state index contributed by atoms with van der Waals surface area (Å²) in [5, 5.41) is 19.9. The molecule has 6 atom stereocenters. The van der Waals surface area contributed by atoms with Gasteiger partial charge in [-0.1, -0.05) is 19.6 Å². The van der Waals surface area contributed by atoms with Gasteiger partial charge in [0.1, 0.15) is 24.7 Å². The quantitative estimate of drug-likeness (QED) is 0.0991. The van der Waals surface area contributed by atoms with E-state index in [2.05, 4.69) is 6.58 Å². The van der Waals surface area contributed by atoms with Crippen molar-refractivity contribution >= 4 is 35.6 Å². The zero-order valence-corrected chi connectivity index (χ0v) is 24.8. The number of likely N-dealkylation sites (tertiary alicyclic amines) is 1. The van der Waals surface area contributed by atoms with Gasteiger partial charge in [-0.05, 0) is 13.3 Å². The zero-order valence-electron chi connectivity index (χ0n) is 21.8. The van der Waals surface area contributed by atoms with Crippen molar-refractivity contribution in [2.24, 2.45) is 17.6 Å². The topological polar surface area (TPSA) is 159 Å². The number of fused-ring (bicyclic) bond motifs is 1. The molecule has 12 nitrogen and oxygen atoms in total. The van der Waals surface area contributed by atoms with E-state index in [1.54, 1.807) is 28.9 Å². The number of primary amides is 1. The number of β-lactam (4-membered cyclic amide) rings is 1. The van der Waals surface area contributed by atoms with E-state index in [0.29, 0.717) is 30.8 Å². The number of carbonyl (C=O) groups excluding carboxylic acids is 3. The van der Waals surface area contributed by atoms with Gasteiger partial charge < -0.3 is 54.5 Å². The van der Waals surface area contributed by atoms with Crippen LogP contribution in [0.3, 0.4) is 0 Å². The third-order valence-corrected chi connectivity index (χ3v) is 8.84. The molecule has 1 aromatic heterocycles. The summed E-state index contributed by atoms with van der Waals surface area (Å²) in [5.41, 5.74) is 5.24. The number of ether oxygens (including phenoxy) is 1. The summed E-state index contributed by atoms with van der Waals surface area (Å²) in [6.07, 6.45) is 6.74. The van der Waals surface area contributed by atoms with E-state index in [0.717, 1.165) is 0 Å². The first-order chi connectivity index (χ1) is 18.0. The minimum absolute atomic E-state index is 0. The lowest BCUT2D eigenvalue weighted by Crippen LogP contribution is -3.00. The summed E-state index contributed by atoms with van der Waals surface area (Å²) >= 11 is 1.40. The third kappa shape index (κ3) is 6.27. The van der Waals surface area contributed by atoms with Crippen molar-refractivity contribution in [1.29, 1.82) is 0 Å². The van der Waals surface area contributed by atoms with E-state index < -0.39 is 30.0 Å². The van der Waals surface area contributed by atoms with Crippen molar-refractivity contribution in [3.05, 3.63) is 42.0 Å². The summed E-state index contributed by atoms with van der Waals surface area (Å²) in [7, 11) is 0. The standard InChI is InChI=1S/C25H33N5O7S.HI/c1-4-9-37-25(36)29-11-17(10-16(29)5-6-27-7-8-28(13-27)12-18(26)32)38-22-14(2)20-19(15(3)31)23(33)30(20)21(22)24(34)35;/h4,7-8,13-17,19-20,31H,1,5-6,9-12H2,2-3H3,(H2-,26,32,34,35);1H/t14-,15-,16-,17+,19-,20-;/m1./s1. The number of nitrogens with zero attached hydrogens (tertiary/aromatic N) is 4. The molecule has 39 heavy (non-hydrogen) atoms. The predicted molar refractivity (Wildman–Crippen MR) is 136 cm³/mol. The second-order valence-electron chi connectivity index (χ2n) is 10.00. The van der Waals surface area contributed by atoms with Crippen LogP contribution < -0.4 is 34.3 Å². The summed E-state index contributed by atoms with van der Waals surface area (Å²) in [4.78, 5) is 52.4. The number of hydrogen-bond acceptors (Lipinski definition) is 7. The minimum Gasteiger partial charge on any atom is -1.00 e. The number of hydrogen-bond donors (Lipinski definition) is 3. The molecule has 4 rings (SSSR count). The molecule has 2 fully saturated rings. The van der Waals surface area contributed by atoms with Gasteiger partial charge in [0.15, 0.2) is 6.54 Å². The van der Waals surface area contributed by atoms with Crippen molar-refractivity contribution in [3.8, 4) is 0 Å². The highest BCUT2D eigenvalue weighted by Gasteiger charge is 2.60. The first-order valence-corrected chi connectivity index (χ1v) is 13.4. The maximum absolute atomic E-state index is 12.8. The van der Waals surface area contributed by atoms with Gasteiger partial charge in [0.25, 0.3) is 5.91 Å². The van der Waals surface area contributed by atoms with Crippen LogP contribution in [0.5, 0.6) is 0 Å². The van der Waals surface area contributed by atoms with E-state index in [9.17, 15) is 29.4 Å². The summed E-state index contributed by atoms with van der Waals surface area (Å²) in [6.45, 7) is 8.12. The minimum atomic E-state index is -1.17. The predicted octanol–water partition coefficient (Wildman–Crippen LogP) is -2.69. The molecule has 3 amide bonds. The van der Waals surface area contributed by atoms with Crippen LogP contribution in [0.1, 0.15) is 26.7 Å². The Morgan fingerprint density at radius 3 is 2.72 bits per heavy atom. The van der Waals surface area contributed by atoms with E-state index in [1.807, 2.05) is 17.7 Å². The number of halogens is 1. The van der Waals surface area contributed by atoms with Gasteiger partial charge in [-0.2, -0.15) is 0 Å². The Morgan fingerprint density at radius 2 is 2.10 bits per heavy atom. The highest BCUT2D eigenvalue weighted by atomic mass is 127. The van der Waals surface area contributed by atoms with Crippen molar-refractivity contribution in [1.82, 2.24) is 14.4 Å². The summed E-state index contributed by atoms with van der Waals surface area (Å²) in [5.74, 6) is -2.86. The molecule has 214 valence electrons. The molecule has 0 radical (unpaired) electrons. The number of imidazole rings is 1. The molecule has 0 aromatic carbocycles. The molecule has 4 heterocycles. The average molecular weight is 676 g/mol. The number of aromatic nitrogens is 2. The highest BCUT2D eigenvalue weighted by Crippen LogP contribution is 2.52. The first-order valence-electron chi connectivity index (χ1n) is 12.6. The number of aryl methyl sites for hydroxylation is 1. The fourth-order valence-corrected chi connectivity index (χ4v) is 7.23. The SMILES string of the molecule is C=CCOC(=O)N1C[C@@H](SC2=C(C(=O)O)N3C(=O)[C@H]([C@@H](C)O)[C@H]3[C@H]2C)C[C@H]1CCn1cc[n+](CC(N)=O)c1.[I-]. The van der Waals surface area contributed by atoms with Gasteiger partial charge in [0, 0.05) is 35.1 Å². The molecule has 0 saturated carbocycles. The second kappa shape index (κ2) is 12.7. The van der Waals surface area contributed by atoms with Crippen LogP contribution in [0.25, 0.3) is 0 Å². The Morgan fingerprint density at radius 1 is 1.38 bits per heavy atom. The maximum Gasteiger partial charge on any atom is 0.410 e. The number of carboxylic acid groups (broad SMARTS) is 1. The second-order valence-corrected chi connectivity index (χ2v) is 11.3. The molecule has 3 aliphatic rings. The fraction of sp³-hybridized carbons (Fsp3) is 0.560. The average Bonchev–Trinajstić information content (AvgIpc) is 3.51. The molecule has 0 unspecified atom stereocenters. The van der Waals surface area contributed by atoms with Gasteiger partial charge in [-0.3, -0.25) is 9.59 Å². The van der Waals surface area contributed by atoms with E-state index in [4.69, 9.17) is 10.5 Å². The number of aliphatic carboxylic acids is 1. The van der Waals surface area contributed by atoms with Crippen LogP contribution in [0.2, 0.25) is 0 Å². The number of amides is 3. The number of aliphatic hydroxyl groups is 1. The molecule has 4 N–H and O–H groups in total. The number of nitrogens with two attached hydrogens (primary N) is 1. The molecule has 0 aliphatic carbocycles. The fourth-order valence-electron chi connectivity index (χ4n) is 5.67. The third-order valence-electron chi connectivity index (χ3n) is 7.35. The molecule has 14 heteroatoms. The van der Waals surface area contributed by atoms with Crippen LogP contribution in [-0.2, 0) is 32.2 Å². The number of carbonyl (C=O) groups is 4. The Labute approximate surface area is 247 Å². The Kier molecular flexibility index (Phi) is 10.1. The van der Waals surface area contributed by atoms with Crippen LogP contribution in [0.15, 0.2) is 42.0 Å². The smallest absolute Gasteiger partial charge is 0.410 e. The molecular weight excluding hydrogens is 641 g/mol. The molecular formula is C25H34IN5O7S. The molecule has 0 spiro atoms. The Hall–Kier alpha value is -2.59. The number of aliphatic hydroxyl groups excluding tert-OH is 1. The van der Waals surface area contributed by atoms with Crippen molar-refractivity contribution in [3.63, 3.8) is 0 Å². The number of carboxylic acids is 1. The lowest BCUT2D eigenvalue weighted by molar-refractivity contribution is -0.683. The Balaban J connectivity index is 0.00000420. The zero-order chi connectivity index (χ0) is 27.7.